The zero-order valence-corrected chi connectivity index (χ0v) is 35.8. The first-order valence-corrected chi connectivity index (χ1v) is 28.1. The van der Waals surface area contributed by atoms with E-state index in [-0.39, 0.29) is 20.1 Å². The van der Waals surface area contributed by atoms with Gasteiger partial charge in [-0.2, -0.15) is 11.3 Å². The number of pyridine rings is 2. The van der Waals surface area contributed by atoms with Crippen molar-refractivity contribution in [3.05, 3.63) is 144 Å². The molecule has 49 heavy (non-hydrogen) atoms. The van der Waals surface area contributed by atoms with Gasteiger partial charge in [-0.1, -0.05) is 78.6 Å². The van der Waals surface area contributed by atoms with E-state index in [2.05, 4.69) is 108 Å². The fourth-order valence-electron chi connectivity index (χ4n) is 5.96. The van der Waals surface area contributed by atoms with Gasteiger partial charge in [0.2, 0.25) is 0 Å². The minimum Gasteiger partial charge on any atom is 0 e. The van der Waals surface area contributed by atoms with E-state index in [4.69, 9.17) is 2.74 Å². The zero-order chi connectivity index (χ0) is 35.8. The molecule has 4 aromatic carbocycles. The molecule has 3 heterocycles. The van der Waals surface area contributed by atoms with Gasteiger partial charge < -0.3 is 4.98 Å². The van der Waals surface area contributed by atoms with Crippen LogP contribution in [0.1, 0.15) is 25.0 Å². The van der Waals surface area contributed by atoms with Crippen LogP contribution in [0.4, 0.5) is 0 Å². The molecule has 0 bridgehead atoms. The number of hydrogen-bond acceptors (Lipinski definition) is 3. The van der Waals surface area contributed by atoms with E-state index in [0.29, 0.717) is 11.1 Å². The van der Waals surface area contributed by atoms with Crippen LogP contribution in [0.5, 0.6) is 0 Å². The summed E-state index contributed by atoms with van der Waals surface area (Å²) in [5.74, 6) is 7.14. The van der Waals surface area contributed by atoms with Crippen LogP contribution in [-0.2, 0) is 26.5 Å². The average molecular weight is 916 g/mol. The summed E-state index contributed by atoms with van der Waals surface area (Å²) in [5, 5.41) is 4.01. The number of fused-ring (bicyclic) bond motifs is 3. The number of thiophene rings is 1. The van der Waals surface area contributed by atoms with E-state index in [1.165, 1.54) is 29.8 Å². The van der Waals surface area contributed by atoms with Crippen LogP contribution in [0.15, 0.2) is 109 Å². The van der Waals surface area contributed by atoms with Crippen molar-refractivity contribution >= 4 is 62.4 Å². The number of hydrogen-bond donors (Lipinski definition) is 0. The molecule has 0 saturated heterocycles. The quantitative estimate of drug-likeness (QED) is 0.123. The van der Waals surface area contributed by atoms with Crippen LogP contribution in [0.3, 0.4) is 0 Å². The number of rotatable bonds is 6. The van der Waals surface area contributed by atoms with Gasteiger partial charge in [-0.15, -0.1) is 22.9 Å². The van der Waals surface area contributed by atoms with Crippen LogP contribution in [0.25, 0.3) is 42.7 Å². The van der Waals surface area contributed by atoms with Crippen molar-refractivity contribution in [2.75, 3.05) is 0 Å². The molecule has 0 fully saturated rings. The third-order valence-electron chi connectivity index (χ3n) is 8.40. The van der Waals surface area contributed by atoms with E-state index in [1.807, 2.05) is 62.5 Å². The molecule has 0 amide bonds. The normalized spacial score (nSPS) is 12.5. The Labute approximate surface area is 316 Å². The molecule has 2 nitrogen and oxygen atoms in total. The monoisotopic (exact) mass is 917 g/mol. The maximum absolute atomic E-state index is 8.96. The van der Waals surface area contributed by atoms with E-state index in [9.17, 15) is 0 Å². The number of aromatic nitrogens is 2. The fraction of sp³-hybridized carbons (Fsp3) is 0.209. The zero-order valence-electron chi connectivity index (χ0n) is 31.5. The number of benzene rings is 4. The van der Waals surface area contributed by atoms with Crippen LogP contribution >= 0.6 is 11.3 Å². The van der Waals surface area contributed by atoms with Gasteiger partial charge in [-0.25, -0.2) is 0 Å². The largest absolute Gasteiger partial charge is 0 e. The predicted octanol–water partition coefficient (Wildman–Crippen LogP) is 10.8. The summed E-state index contributed by atoms with van der Waals surface area (Å²) >= 11 is 0.0684. The standard InChI is InChI=1S/C29H28NSSi.C14H16GeN.Ir/c1-19-14-20(2)16-22(15-19)17-21-12-13-30-25(18-21)23-10-11-27(32(3,4)5)28-24-8-6-7-9-26(24)31-29(23)28;1-15(2,3)13-9-10-14(16-11-13)12-7-5-4-6-8-12;/h6-9,11-16,18H,17H2,1-5H3;4-7,9-11H,1-3H3;/q2*-1;/i17D2;;. The molecule has 3 aromatic heterocycles. The second-order valence-electron chi connectivity index (χ2n) is 14.5. The van der Waals surface area contributed by atoms with Crippen molar-refractivity contribution in [3.8, 4) is 22.5 Å². The predicted molar refractivity (Wildman–Crippen MR) is 215 cm³/mol. The van der Waals surface area contributed by atoms with Gasteiger partial charge in [0.1, 0.15) is 0 Å². The molecule has 1 radical (unpaired) electrons. The van der Waals surface area contributed by atoms with Crippen LogP contribution in [0, 0.1) is 26.0 Å². The summed E-state index contributed by atoms with van der Waals surface area (Å²) in [7, 11) is -1.60. The Kier molecular flexibility index (Phi) is 10.7. The Balaban J connectivity index is 0.000000249. The summed E-state index contributed by atoms with van der Waals surface area (Å²) in [6.45, 7) is 11.1. The molecule has 0 saturated carbocycles. The smallest absolute Gasteiger partial charge is 0 e. The SMILES string of the molecule is [2H]C([2H])(c1cc(C)cc(C)c1)c1ccnc(-c2[c-]cc([Si](C)(C)C)c3c2sc2ccccc23)c1.[CH3][Ge]([CH3])([CH3])[c]1ccc(-c2[c-]cccc2)nc1.[Ir]. The van der Waals surface area contributed by atoms with Gasteiger partial charge in [0.15, 0.2) is 0 Å². The van der Waals surface area contributed by atoms with Crippen molar-refractivity contribution in [2.24, 2.45) is 0 Å². The Bertz CT molecular complexity index is 2270. The first-order chi connectivity index (χ1) is 23.6. The molecule has 0 unspecified atom stereocenters. The van der Waals surface area contributed by atoms with Gasteiger partial charge in [-0.3, -0.25) is 0 Å². The van der Waals surface area contributed by atoms with Gasteiger partial charge in [0.25, 0.3) is 0 Å². The molecule has 7 aromatic rings. The second-order valence-corrected chi connectivity index (χ2v) is 31.3. The van der Waals surface area contributed by atoms with Gasteiger partial charge >= 0.3 is 99.8 Å². The van der Waals surface area contributed by atoms with Crippen LogP contribution in [-0.4, -0.2) is 31.3 Å². The molecule has 0 N–H and O–H groups in total. The summed E-state index contributed by atoms with van der Waals surface area (Å²) < 4.78 is 21.8. The molecule has 0 atom stereocenters. The molecule has 0 aliphatic carbocycles. The average Bonchev–Trinajstić information content (AvgIpc) is 3.47. The summed E-state index contributed by atoms with van der Waals surface area (Å²) in [6.07, 6.45) is 2.15. The van der Waals surface area contributed by atoms with Crippen LogP contribution < -0.4 is 9.58 Å². The van der Waals surface area contributed by atoms with E-state index in [1.54, 1.807) is 23.6 Å². The summed E-state index contributed by atoms with van der Waals surface area (Å²) in [6, 6.07) is 39.4. The minimum absolute atomic E-state index is 0. The summed E-state index contributed by atoms with van der Waals surface area (Å²) in [5.41, 5.74) is 7.21. The molecular formula is C43H44GeIrN2SSi-2. The van der Waals surface area contributed by atoms with E-state index >= 15 is 0 Å². The van der Waals surface area contributed by atoms with Gasteiger partial charge in [0, 0.05) is 41.8 Å². The number of aryl methyl sites for hydroxylation is 2. The second kappa shape index (κ2) is 15.4. The van der Waals surface area contributed by atoms with Crippen molar-refractivity contribution in [1.82, 2.24) is 9.97 Å². The molecule has 6 heteroatoms. The van der Waals surface area contributed by atoms with Crippen molar-refractivity contribution in [2.45, 2.75) is 57.1 Å². The fourth-order valence-corrected chi connectivity index (χ4v) is 11.0. The third-order valence-corrected chi connectivity index (χ3v) is 15.9. The summed E-state index contributed by atoms with van der Waals surface area (Å²) in [4.78, 5) is 9.22. The van der Waals surface area contributed by atoms with E-state index in [0.717, 1.165) is 33.6 Å². The van der Waals surface area contributed by atoms with Crippen molar-refractivity contribution < 1.29 is 22.8 Å². The molecular weight excluding hydrogens is 869 g/mol. The third kappa shape index (κ3) is 8.76. The minimum atomic E-state index is -1.72. The Hall–Kier alpha value is -3.19. The molecule has 0 aliphatic rings. The molecule has 7 rings (SSSR count). The van der Waals surface area contributed by atoms with Gasteiger partial charge in [0.05, 0.1) is 0 Å². The Morgan fingerprint density at radius 2 is 1.53 bits per heavy atom. The first kappa shape index (κ1) is 34.3. The maximum atomic E-state index is 8.96. The Morgan fingerprint density at radius 3 is 2.18 bits per heavy atom. The number of nitrogens with zero attached hydrogens (tertiary/aromatic N) is 2. The van der Waals surface area contributed by atoms with Crippen molar-refractivity contribution in [3.63, 3.8) is 0 Å². The molecule has 251 valence electrons. The maximum Gasteiger partial charge on any atom is 0 e. The van der Waals surface area contributed by atoms with E-state index < -0.39 is 27.7 Å². The topological polar surface area (TPSA) is 25.8 Å². The Morgan fingerprint density at radius 1 is 0.796 bits per heavy atom. The van der Waals surface area contributed by atoms with Crippen molar-refractivity contribution in [1.29, 1.82) is 0 Å². The molecule has 0 aliphatic heterocycles. The first-order valence-electron chi connectivity index (χ1n) is 17.5. The van der Waals surface area contributed by atoms with Gasteiger partial charge in [-0.05, 0) is 59.3 Å². The van der Waals surface area contributed by atoms with Crippen LogP contribution in [0.2, 0.25) is 36.9 Å². The molecule has 0 spiro atoms.